The molecule has 2 unspecified atom stereocenters. The van der Waals surface area contributed by atoms with E-state index in [9.17, 15) is 5.11 Å². The van der Waals surface area contributed by atoms with Crippen molar-refractivity contribution in [2.24, 2.45) is 0 Å². The third kappa shape index (κ3) is 3.57. The molecule has 0 saturated heterocycles. The summed E-state index contributed by atoms with van der Waals surface area (Å²) in [5, 5.41) is 14.1. The SMILES string of the molecule is CNCC(O)C(c1ccccc1)c1cccc(Cl)c1. The standard InChI is InChI=1S/C16H18ClNO/c1-18-11-15(19)16(12-6-3-2-4-7-12)13-8-5-9-14(17)10-13/h2-10,15-16,18-19H,11H2,1H3. The topological polar surface area (TPSA) is 32.3 Å². The van der Waals surface area contributed by atoms with E-state index in [2.05, 4.69) is 5.32 Å². The molecule has 2 nitrogen and oxygen atoms in total. The highest BCUT2D eigenvalue weighted by atomic mass is 35.5. The third-order valence-corrected chi connectivity index (χ3v) is 3.40. The molecule has 0 saturated carbocycles. The van der Waals surface area contributed by atoms with Crippen molar-refractivity contribution >= 4 is 11.6 Å². The first-order chi connectivity index (χ1) is 9.22. The molecule has 0 fully saturated rings. The van der Waals surface area contributed by atoms with Gasteiger partial charge in [0.15, 0.2) is 0 Å². The average Bonchev–Trinajstić information content (AvgIpc) is 2.40. The quantitative estimate of drug-likeness (QED) is 0.879. The van der Waals surface area contributed by atoms with Crippen LogP contribution >= 0.6 is 11.6 Å². The van der Waals surface area contributed by atoms with Gasteiger partial charge in [0.25, 0.3) is 0 Å². The number of aliphatic hydroxyl groups excluding tert-OH is 1. The Bertz CT molecular complexity index is 515. The van der Waals surface area contributed by atoms with E-state index >= 15 is 0 Å². The van der Waals surface area contributed by atoms with Gasteiger partial charge in [-0.3, -0.25) is 0 Å². The Labute approximate surface area is 119 Å². The number of benzene rings is 2. The summed E-state index contributed by atoms with van der Waals surface area (Å²) < 4.78 is 0. The zero-order valence-corrected chi connectivity index (χ0v) is 11.6. The van der Waals surface area contributed by atoms with Crippen molar-refractivity contribution in [3.05, 3.63) is 70.7 Å². The molecule has 2 aromatic rings. The molecule has 0 radical (unpaired) electrons. The molecule has 2 N–H and O–H groups in total. The van der Waals surface area contributed by atoms with Crippen molar-refractivity contribution in [2.75, 3.05) is 13.6 Å². The molecule has 19 heavy (non-hydrogen) atoms. The first kappa shape index (κ1) is 14.1. The van der Waals surface area contributed by atoms with Crippen LogP contribution in [0.3, 0.4) is 0 Å². The number of aliphatic hydroxyl groups is 1. The largest absolute Gasteiger partial charge is 0.391 e. The molecule has 100 valence electrons. The molecule has 2 atom stereocenters. The van der Waals surface area contributed by atoms with Gasteiger partial charge in [0.05, 0.1) is 6.10 Å². The molecule has 0 spiro atoms. The minimum atomic E-state index is -0.495. The van der Waals surface area contributed by atoms with Crippen LogP contribution in [0.25, 0.3) is 0 Å². The van der Waals surface area contributed by atoms with Crippen LogP contribution in [0.1, 0.15) is 17.0 Å². The molecule has 0 aliphatic rings. The highest BCUT2D eigenvalue weighted by molar-refractivity contribution is 6.30. The number of rotatable bonds is 5. The average molecular weight is 276 g/mol. The second kappa shape index (κ2) is 6.71. The van der Waals surface area contributed by atoms with Gasteiger partial charge in [-0.25, -0.2) is 0 Å². The van der Waals surface area contributed by atoms with Gasteiger partial charge in [-0.2, -0.15) is 0 Å². The van der Waals surface area contributed by atoms with E-state index in [-0.39, 0.29) is 5.92 Å². The minimum absolute atomic E-state index is 0.0765. The Morgan fingerprint density at radius 2 is 1.74 bits per heavy atom. The summed E-state index contributed by atoms with van der Waals surface area (Å²) in [6.07, 6.45) is -0.495. The fourth-order valence-corrected chi connectivity index (χ4v) is 2.52. The first-order valence-electron chi connectivity index (χ1n) is 6.35. The zero-order chi connectivity index (χ0) is 13.7. The molecule has 0 heterocycles. The second-order valence-electron chi connectivity index (χ2n) is 4.57. The maximum Gasteiger partial charge on any atom is 0.0773 e. The van der Waals surface area contributed by atoms with Crippen molar-refractivity contribution in [2.45, 2.75) is 12.0 Å². The Morgan fingerprint density at radius 3 is 2.37 bits per heavy atom. The van der Waals surface area contributed by atoms with Crippen LogP contribution in [0.2, 0.25) is 5.02 Å². The number of halogens is 1. The van der Waals surface area contributed by atoms with Crippen LogP contribution in [-0.2, 0) is 0 Å². The van der Waals surface area contributed by atoms with Crippen molar-refractivity contribution in [1.29, 1.82) is 0 Å². The van der Waals surface area contributed by atoms with Crippen LogP contribution in [0, 0.1) is 0 Å². The number of hydrogen-bond acceptors (Lipinski definition) is 2. The van der Waals surface area contributed by atoms with Gasteiger partial charge >= 0.3 is 0 Å². The molecule has 0 aromatic heterocycles. The lowest BCUT2D eigenvalue weighted by Gasteiger charge is -2.24. The lowest BCUT2D eigenvalue weighted by atomic mass is 9.86. The molecule has 0 aliphatic heterocycles. The summed E-state index contributed by atoms with van der Waals surface area (Å²) in [5.41, 5.74) is 2.12. The molecule has 2 aromatic carbocycles. The Balaban J connectivity index is 2.40. The number of nitrogens with one attached hydrogen (secondary N) is 1. The van der Waals surface area contributed by atoms with E-state index in [1.165, 1.54) is 0 Å². The highest BCUT2D eigenvalue weighted by Gasteiger charge is 2.22. The van der Waals surface area contributed by atoms with Gasteiger partial charge in [-0.15, -0.1) is 0 Å². The molecular formula is C16H18ClNO. The fraction of sp³-hybridized carbons (Fsp3) is 0.250. The van der Waals surface area contributed by atoms with Gasteiger partial charge in [0.2, 0.25) is 0 Å². The van der Waals surface area contributed by atoms with Crippen LogP contribution in [-0.4, -0.2) is 24.8 Å². The Morgan fingerprint density at radius 1 is 1.05 bits per heavy atom. The predicted octanol–water partition coefficient (Wildman–Crippen LogP) is 3.05. The van der Waals surface area contributed by atoms with Crippen LogP contribution in [0.4, 0.5) is 0 Å². The molecule has 3 heteroatoms. The number of hydrogen-bond donors (Lipinski definition) is 2. The molecule has 0 aliphatic carbocycles. The van der Waals surface area contributed by atoms with Gasteiger partial charge in [0.1, 0.15) is 0 Å². The Hall–Kier alpha value is -1.35. The highest BCUT2D eigenvalue weighted by Crippen LogP contribution is 2.29. The summed E-state index contributed by atoms with van der Waals surface area (Å²) >= 11 is 6.06. The predicted molar refractivity (Wildman–Crippen MR) is 79.7 cm³/mol. The van der Waals surface area contributed by atoms with Crippen molar-refractivity contribution in [3.63, 3.8) is 0 Å². The molecule has 2 rings (SSSR count). The van der Waals surface area contributed by atoms with Gasteiger partial charge in [0, 0.05) is 17.5 Å². The van der Waals surface area contributed by atoms with Crippen LogP contribution < -0.4 is 5.32 Å². The zero-order valence-electron chi connectivity index (χ0n) is 10.9. The van der Waals surface area contributed by atoms with Gasteiger partial charge < -0.3 is 10.4 Å². The lowest BCUT2D eigenvalue weighted by molar-refractivity contribution is 0.156. The van der Waals surface area contributed by atoms with Crippen molar-refractivity contribution < 1.29 is 5.11 Å². The van der Waals surface area contributed by atoms with E-state index in [0.717, 1.165) is 11.1 Å². The van der Waals surface area contributed by atoms with Crippen LogP contribution in [0.15, 0.2) is 54.6 Å². The maximum atomic E-state index is 10.4. The summed E-state index contributed by atoms with van der Waals surface area (Å²) in [6, 6.07) is 17.7. The van der Waals surface area contributed by atoms with E-state index < -0.39 is 6.10 Å². The van der Waals surface area contributed by atoms with Crippen molar-refractivity contribution in [3.8, 4) is 0 Å². The minimum Gasteiger partial charge on any atom is -0.391 e. The monoisotopic (exact) mass is 275 g/mol. The second-order valence-corrected chi connectivity index (χ2v) is 5.00. The summed E-state index contributed by atoms with van der Waals surface area (Å²) in [6.45, 7) is 0.534. The van der Waals surface area contributed by atoms with E-state index in [0.29, 0.717) is 11.6 Å². The smallest absolute Gasteiger partial charge is 0.0773 e. The Kier molecular flexibility index (Phi) is 4.97. The lowest BCUT2D eigenvalue weighted by Crippen LogP contribution is -2.30. The van der Waals surface area contributed by atoms with E-state index in [1.54, 1.807) is 0 Å². The van der Waals surface area contributed by atoms with Gasteiger partial charge in [-0.1, -0.05) is 54.1 Å². The van der Waals surface area contributed by atoms with Gasteiger partial charge in [-0.05, 0) is 30.3 Å². The number of likely N-dealkylation sites (N-methyl/N-ethyl adjacent to an activating group) is 1. The summed E-state index contributed by atoms with van der Waals surface area (Å²) in [4.78, 5) is 0. The summed E-state index contributed by atoms with van der Waals surface area (Å²) in [7, 11) is 1.84. The molecule has 0 bridgehead atoms. The third-order valence-electron chi connectivity index (χ3n) is 3.16. The molecular weight excluding hydrogens is 258 g/mol. The van der Waals surface area contributed by atoms with Crippen LogP contribution in [0.5, 0.6) is 0 Å². The molecule has 0 amide bonds. The summed E-state index contributed by atoms with van der Waals surface area (Å²) in [5.74, 6) is -0.0765. The fourth-order valence-electron chi connectivity index (χ4n) is 2.32. The maximum absolute atomic E-state index is 10.4. The first-order valence-corrected chi connectivity index (χ1v) is 6.73. The van der Waals surface area contributed by atoms with Crippen molar-refractivity contribution in [1.82, 2.24) is 5.32 Å². The normalized spacial score (nSPS) is 14.1. The van der Waals surface area contributed by atoms with E-state index in [1.807, 2.05) is 61.6 Å². The van der Waals surface area contributed by atoms with E-state index in [4.69, 9.17) is 11.6 Å².